The highest BCUT2D eigenvalue weighted by atomic mass is 16.5. The van der Waals surface area contributed by atoms with Crippen LogP contribution in [0.15, 0.2) is 42.5 Å². The Morgan fingerprint density at radius 1 is 1.05 bits per heavy atom. The summed E-state index contributed by atoms with van der Waals surface area (Å²) in [6, 6.07) is 11.5. The number of benzene rings is 2. The van der Waals surface area contributed by atoms with E-state index in [9.17, 15) is 9.59 Å². The van der Waals surface area contributed by atoms with Crippen LogP contribution in [0.1, 0.15) is 20.7 Å². The number of carbonyl (C=O) groups excluding carboxylic acids is 1. The van der Waals surface area contributed by atoms with E-state index in [4.69, 9.17) is 10.8 Å². The van der Waals surface area contributed by atoms with Crippen molar-refractivity contribution in [1.82, 2.24) is 0 Å². The molecular formula is C15H13NO4. The van der Waals surface area contributed by atoms with Gasteiger partial charge >= 0.3 is 11.9 Å². The number of methoxy groups -OCH3 is 1. The summed E-state index contributed by atoms with van der Waals surface area (Å²) in [6.45, 7) is 0. The number of carbonyl (C=O) groups is 2. The first-order valence-corrected chi connectivity index (χ1v) is 5.84. The van der Waals surface area contributed by atoms with E-state index in [1.54, 1.807) is 36.4 Å². The highest BCUT2D eigenvalue weighted by Crippen LogP contribution is 2.24. The highest BCUT2D eigenvalue weighted by molar-refractivity contribution is 5.95. The minimum atomic E-state index is -1.06. The number of anilines is 1. The van der Waals surface area contributed by atoms with Gasteiger partial charge in [-0.1, -0.05) is 18.2 Å². The molecule has 0 fully saturated rings. The van der Waals surface area contributed by atoms with Crippen molar-refractivity contribution in [1.29, 1.82) is 0 Å². The van der Waals surface area contributed by atoms with E-state index in [1.165, 1.54) is 13.2 Å². The van der Waals surface area contributed by atoms with Crippen LogP contribution < -0.4 is 5.73 Å². The molecule has 0 unspecified atom stereocenters. The minimum Gasteiger partial charge on any atom is -0.478 e. The lowest BCUT2D eigenvalue weighted by Crippen LogP contribution is -2.02. The number of nitrogen functional groups attached to an aromatic ring is 1. The lowest BCUT2D eigenvalue weighted by atomic mass is 10.0. The normalized spacial score (nSPS) is 10.1. The van der Waals surface area contributed by atoms with Gasteiger partial charge in [0.2, 0.25) is 0 Å². The molecular weight excluding hydrogens is 258 g/mol. The maximum Gasteiger partial charge on any atom is 0.337 e. The molecule has 0 spiro atoms. The number of aromatic carboxylic acids is 1. The van der Waals surface area contributed by atoms with E-state index in [0.717, 1.165) is 11.1 Å². The Morgan fingerprint density at radius 3 is 2.15 bits per heavy atom. The lowest BCUT2D eigenvalue weighted by molar-refractivity contribution is 0.0600. The Labute approximate surface area is 115 Å². The number of hydrogen-bond donors (Lipinski definition) is 2. The van der Waals surface area contributed by atoms with Crippen LogP contribution >= 0.6 is 0 Å². The monoisotopic (exact) mass is 271 g/mol. The second-order valence-corrected chi connectivity index (χ2v) is 4.18. The summed E-state index contributed by atoms with van der Waals surface area (Å²) in [7, 11) is 1.32. The van der Waals surface area contributed by atoms with Crippen LogP contribution in [0.3, 0.4) is 0 Å². The largest absolute Gasteiger partial charge is 0.478 e. The molecule has 20 heavy (non-hydrogen) atoms. The van der Waals surface area contributed by atoms with Gasteiger partial charge in [-0.05, 0) is 35.4 Å². The number of hydrogen-bond acceptors (Lipinski definition) is 4. The Morgan fingerprint density at radius 2 is 1.65 bits per heavy atom. The molecule has 2 aromatic rings. The second kappa shape index (κ2) is 5.44. The van der Waals surface area contributed by atoms with Crippen LogP contribution in [0, 0.1) is 0 Å². The molecule has 0 amide bonds. The van der Waals surface area contributed by atoms with Crippen LogP contribution in [-0.2, 0) is 4.74 Å². The quantitative estimate of drug-likeness (QED) is 0.661. The van der Waals surface area contributed by atoms with Crippen molar-refractivity contribution >= 4 is 17.6 Å². The first kappa shape index (κ1) is 13.6. The third kappa shape index (κ3) is 2.61. The zero-order chi connectivity index (χ0) is 14.7. The van der Waals surface area contributed by atoms with Gasteiger partial charge in [0.1, 0.15) is 0 Å². The first-order chi connectivity index (χ1) is 9.52. The molecule has 2 rings (SSSR count). The van der Waals surface area contributed by atoms with E-state index in [2.05, 4.69) is 4.74 Å². The van der Waals surface area contributed by atoms with Crippen LogP contribution in [0.2, 0.25) is 0 Å². The Hall–Kier alpha value is -2.82. The summed E-state index contributed by atoms with van der Waals surface area (Å²) in [5.41, 5.74) is 8.04. The molecule has 0 bridgehead atoms. The fourth-order valence-corrected chi connectivity index (χ4v) is 1.85. The fourth-order valence-electron chi connectivity index (χ4n) is 1.85. The molecule has 0 heterocycles. The van der Waals surface area contributed by atoms with Crippen molar-refractivity contribution in [2.75, 3.05) is 12.8 Å². The van der Waals surface area contributed by atoms with Crippen molar-refractivity contribution in [2.45, 2.75) is 0 Å². The Kier molecular flexibility index (Phi) is 3.70. The fraction of sp³-hybridized carbons (Fsp3) is 0.0667. The standard InChI is InChI=1S/C15H13NO4/c1-20-15(19)10-4-2-9(3-5-10)11-6-7-12(14(17)18)13(16)8-11/h2-8H,16H2,1H3,(H,17,18). The maximum atomic E-state index is 11.3. The number of nitrogens with two attached hydrogens (primary N) is 1. The molecule has 0 aliphatic rings. The van der Waals surface area contributed by atoms with Gasteiger partial charge in [0.05, 0.1) is 18.2 Å². The third-order valence-corrected chi connectivity index (χ3v) is 2.92. The smallest absolute Gasteiger partial charge is 0.337 e. The molecule has 0 radical (unpaired) electrons. The molecule has 0 aliphatic heterocycles. The first-order valence-electron chi connectivity index (χ1n) is 5.84. The number of carboxylic acid groups (broad SMARTS) is 1. The van der Waals surface area contributed by atoms with Crippen LogP contribution in [0.4, 0.5) is 5.69 Å². The van der Waals surface area contributed by atoms with Gasteiger partial charge < -0.3 is 15.6 Å². The minimum absolute atomic E-state index is 0.0694. The summed E-state index contributed by atoms with van der Waals surface area (Å²) in [4.78, 5) is 22.2. The Bertz CT molecular complexity index is 662. The van der Waals surface area contributed by atoms with Crippen molar-refractivity contribution in [3.8, 4) is 11.1 Å². The van der Waals surface area contributed by atoms with E-state index in [1.807, 2.05) is 0 Å². The molecule has 3 N–H and O–H groups in total. The van der Waals surface area contributed by atoms with E-state index >= 15 is 0 Å². The number of esters is 1. The highest BCUT2D eigenvalue weighted by Gasteiger charge is 2.10. The maximum absolute atomic E-state index is 11.3. The van der Waals surface area contributed by atoms with Crippen molar-refractivity contribution < 1.29 is 19.4 Å². The predicted octanol–water partition coefficient (Wildman–Crippen LogP) is 2.42. The summed E-state index contributed by atoms with van der Waals surface area (Å²) >= 11 is 0. The van der Waals surface area contributed by atoms with Gasteiger partial charge in [-0.15, -0.1) is 0 Å². The summed E-state index contributed by atoms with van der Waals surface area (Å²) < 4.78 is 4.62. The van der Waals surface area contributed by atoms with Gasteiger partial charge in [0.25, 0.3) is 0 Å². The average Bonchev–Trinajstić information content (AvgIpc) is 2.46. The van der Waals surface area contributed by atoms with E-state index in [0.29, 0.717) is 5.56 Å². The molecule has 0 aromatic heterocycles. The molecule has 102 valence electrons. The summed E-state index contributed by atoms with van der Waals surface area (Å²) in [6.07, 6.45) is 0. The van der Waals surface area contributed by atoms with Crippen LogP contribution in [-0.4, -0.2) is 24.2 Å². The zero-order valence-electron chi connectivity index (χ0n) is 10.8. The third-order valence-electron chi connectivity index (χ3n) is 2.92. The van der Waals surface area contributed by atoms with E-state index < -0.39 is 11.9 Å². The van der Waals surface area contributed by atoms with Crippen molar-refractivity contribution in [3.05, 3.63) is 53.6 Å². The molecule has 0 aliphatic carbocycles. The van der Waals surface area contributed by atoms with Gasteiger partial charge in [0, 0.05) is 5.69 Å². The average molecular weight is 271 g/mol. The summed E-state index contributed by atoms with van der Waals surface area (Å²) in [5, 5.41) is 8.92. The van der Waals surface area contributed by atoms with Gasteiger partial charge in [-0.3, -0.25) is 0 Å². The molecule has 2 aromatic carbocycles. The lowest BCUT2D eigenvalue weighted by Gasteiger charge is -2.06. The van der Waals surface area contributed by atoms with Crippen LogP contribution in [0.5, 0.6) is 0 Å². The van der Waals surface area contributed by atoms with Crippen LogP contribution in [0.25, 0.3) is 11.1 Å². The summed E-state index contributed by atoms with van der Waals surface area (Å²) in [5.74, 6) is -1.47. The molecule has 0 saturated heterocycles. The number of ether oxygens (including phenoxy) is 1. The Balaban J connectivity index is 2.35. The van der Waals surface area contributed by atoms with Gasteiger partial charge in [-0.25, -0.2) is 9.59 Å². The second-order valence-electron chi connectivity index (χ2n) is 4.18. The topological polar surface area (TPSA) is 89.6 Å². The van der Waals surface area contributed by atoms with Gasteiger partial charge in [0.15, 0.2) is 0 Å². The number of rotatable bonds is 3. The SMILES string of the molecule is COC(=O)c1ccc(-c2ccc(C(=O)O)c(N)c2)cc1. The zero-order valence-corrected chi connectivity index (χ0v) is 10.8. The molecule has 0 saturated carbocycles. The number of carboxylic acids is 1. The van der Waals surface area contributed by atoms with Gasteiger partial charge in [-0.2, -0.15) is 0 Å². The molecule has 5 nitrogen and oxygen atoms in total. The van der Waals surface area contributed by atoms with Crippen molar-refractivity contribution in [2.24, 2.45) is 0 Å². The van der Waals surface area contributed by atoms with E-state index in [-0.39, 0.29) is 11.3 Å². The predicted molar refractivity (Wildman–Crippen MR) is 74.6 cm³/mol. The van der Waals surface area contributed by atoms with Crippen molar-refractivity contribution in [3.63, 3.8) is 0 Å². The molecule has 5 heteroatoms. The molecule has 0 atom stereocenters.